The molecule has 2 aliphatic rings. The van der Waals surface area contributed by atoms with Gasteiger partial charge in [0.15, 0.2) is 0 Å². The Hall–Kier alpha value is -0.260. The van der Waals surface area contributed by atoms with Crippen molar-refractivity contribution in [1.82, 2.24) is 0 Å². The minimum atomic E-state index is 0.361. The van der Waals surface area contributed by atoms with Crippen LogP contribution in [0.2, 0.25) is 0 Å². The molecule has 0 saturated heterocycles. The monoisotopic (exact) mass is 304 g/mol. The highest BCUT2D eigenvalue weighted by Crippen LogP contribution is 2.64. The highest BCUT2D eigenvalue weighted by atomic mass is 14.6. The standard InChI is InChI=1S/C22H40/c1-15-13-18(16(2)14-20(4,5)6)22(9)12-10-11-21(7,8)19(22)17(15)3/h15,17-19H,2,10-14H2,1,3-9H3. The van der Waals surface area contributed by atoms with E-state index in [2.05, 4.69) is 62.0 Å². The van der Waals surface area contributed by atoms with Gasteiger partial charge in [-0.15, -0.1) is 0 Å². The van der Waals surface area contributed by atoms with Gasteiger partial charge in [-0.05, 0) is 65.6 Å². The van der Waals surface area contributed by atoms with Crippen molar-refractivity contribution in [2.45, 2.75) is 87.5 Å². The number of hydrogen-bond donors (Lipinski definition) is 0. The van der Waals surface area contributed by atoms with Gasteiger partial charge in [0.25, 0.3) is 0 Å². The SMILES string of the molecule is C=C(CC(C)(C)C)C1CC(C)C(C)C2C(C)(C)CCCC12C. The first-order valence-corrected chi connectivity index (χ1v) is 9.56. The molecule has 0 bridgehead atoms. The van der Waals surface area contributed by atoms with E-state index in [9.17, 15) is 0 Å². The first-order chi connectivity index (χ1) is 9.88. The molecule has 0 N–H and O–H groups in total. The van der Waals surface area contributed by atoms with Crippen LogP contribution in [-0.2, 0) is 0 Å². The number of fused-ring (bicyclic) bond motifs is 1. The molecular weight excluding hydrogens is 264 g/mol. The molecule has 5 unspecified atom stereocenters. The molecule has 0 aromatic heterocycles. The molecule has 2 aliphatic carbocycles. The third-order valence-electron chi connectivity index (χ3n) is 7.17. The summed E-state index contributed by atoms with van der Waals surface area (Å²) in [6.45, 7) is 24.4. The van der Waals surface area contributed by atoms with Gasteiger partial charge in [-0.2, -0.15) is 0 Å². The van der Waals surface area contributed by atoms with Crippen molar-refractivity contribution in [1.29, 1.82) is 0 Å². The Bertz CT molecular complexity index is 422. The van der Waals surface area contributed by atoms with Crippen molar-refractivity contribution in [2.24, 2.45) is 39.9 Å². The molecule has 0 spiro atoms. The summed E-state index contributed by atoms with van der Waals surface area (Å²) >= 11 is 0. The third kappa shape index (κ3) is 3.17. The van der Waals surface area contributed by atoms with Gasteiger partial charge in [0, 0.05) is 0 Å². The number of rotatable bonds is 2. The molecule has 5 atom stereocenters. The molecule has 0 radical (unpaired) electrons. The summed E-state index contributed by atoms with van der Waals surface area (Å²) in [7, 11) is 0. The zero-order valence-electron chi connectivity index (χ0n) is 16.6. The molecule has 0 nitrogen and oxygen atoms in total. The highest BCUT2D eigenvalue weighted by Gasteiger charge is 2.56. The van der Waals surface area contributed by atoms with E-state index in [1.165, 1.54) is 37.7 Å². The molecule has 0 heteroatoms. The van der Waals surface area contributed by atoms with E-state index >= 15 is 0 Å². The van der Waals surface area contributed by atoms with E-state index in [4.69, 9.17) is 0 Å². The lowest BCUT2D eigenvalue weighted by Crippen LogP contribution is -2.54. The lowest BCUT2D eigenvalue weighted by Gasteiger charge is -2.62. The van der Waals surface area contributed by atoms with Crippen LogP contribution in [0.3, 0.4) is 0 Å². The van der Waals surface area contributed by atoms with Crippen molar-refractivity contribution in [3.8, 4) is 0 Å². The van der Waals surface area contributed by atoms with Crippen LogP contribution < -0.4 is 0 Å². The Morgan fingerprint density at radius 3 is 2.23 bits per heavy atom. The zero-order valence-corrected chi connectivity index (χ0v) is 16.6. The van der Waals surface area contributed by atoms with Crippen molar-refractivity contribution in [3.05, 3.63) is 12.2 Å². The van der Waals surface area contributed by atoms with Gasteiger partial charge in [0.05, 0.1) is 0 Å². The largest absolute Gasteiger partial charge is 0.0995 e. The zero-order chi connectivity index (χ0) is 16.9. The predicted octanol–water partition coefficient (Wildman–Crippen LogP) is 7.10. The lowest BCUT2D eigenvalue weighted by atomic mass is 9.43. The maximum absolute atomic E-state index is 4.61. The van der Waals surface area contributed by atoms with Crippen LogP contribution in [0.15, 0.2) is 12.2 Å². The summed E-state index contributed by atoms with van der Waals surface area (Å²) in [6, 6.07) is 0. The van der Waals surface area contributed by atoms with Gasteiger partial charge >= 0.3 is 0 Å². The van der Waals surface area contributed by atoms with Crippen LogP contribution in [0.1, 0.15) is 87.5 Å². The maximum Gasteiger partial charge on any atom is -0.0146 e. The van der Waals surface area contributed by atoms with Crippen LogP contribution >= 0.6 is 0 Å². The summed E-state index contributed by atoms with van der Waals surface area (Å²) in [6.07, 6.45) is 6.76. The summed E-state index contributed by atoms with van der Waals surface area (Å²) in [5.41, 5.74) is 2.85. The molecule has 0 aromatic rings. The van der Waals surface area contributed by atoms with Crippen molar-refractivity contribution in [3.63, 3.8) is 0 Å². The minimum Gasteiger partial charge on any atom is -0.0995 e. The van der Waals surface area contributed by atoms with E-state index in [-0.39, 0.29) is 0 Å². The van der Waals surface area contributed by atoms with E-state index in [0.29, 0.717) is 16.2 Å². The first-order valence-electron chi connectivity index (χ1n) is 9.56. The van der Waals surface area contributed by atoms with Crippen LogP contribution in [0.5, 0.6) is 0 Å². The Morgan fingerprint density at radius 2 is 1.68 bits per heavy atom. The average molecular weight is 305 g/mol. The molecule has 22 heavy (non-hydrogen) atoms. The summed E-state index contributed by atoms with van der Waals surface area (Å²) < 4.78 is 0. The summed E-state index contributed by atoms with van der Waals surface area (Å²) in [5.74, 6) is 3.25. The molecule has 0 amide bonds. The van der Waals surface area contributed by atoms with Gasteiger partial charge in [0.2, 0.25) is 0 Å². The number of allylic oxidation sites excluding steroid dienone is 1. The Labute approximate surface area is 140 Å². The van der Waals surface area contributed by atoms with Crippen LogP contribution in [0.4, 0.5) is 0 Å². The molecule has 2 rings (SSSR count). The van der Waals surface area contributed by atoms with Crippen molar-refractivity contribution < 1.29 is 0 Å². The normalized spacial score (nSPS) is 41.8. The quantitative estimate of drug-likeness (QED) is 0.477. The van der Waals surface area contributed by atoms with Gasteiger partial charge in [-0.1, -0.05) is 74.0 Å². The Kier molecular flexibility index (Phi) is 4.66. The van der Waals surface area contributed by atoms with Gasteiger partial charge in [-0.3, -0.25) is 0 Å². The molecular formula is C22H40. The van der Waals surface area contributed by atoms with Crippen LogP contribution in [-0.4, -0.2) is 0 Å². The summed E-state index contributed by atoms with van der Waals surface area (Å²) in [4.78, 5) is 0. The lowest BCUT2D eigenvalue weighted by molar-refractivity contribution is -0.113. The molecule has 0 heterocycles. The van der Waals surface area contributed by atoms with E-state index in [1.54, 1.807) is 0 Å². The highest BCUT2D eigenvalue weighted by molar-refractivity contribution is 5.16. The fourth-order valence-corrected chi connectivity index (χ4v) is 6.45. The maximum atomic E-state index is 4.61. The van der Waals surface area contributed by atoms with Crippen LogP contribution in [0.25, 0.3) is 0 Å². The fraction of sp³-hybridized carbons (Fsp3) is 0.909. The predicted molar refractivity (Wildman–Crippen MR) is 98.9 cm³/mol. The molecule has 128 valence electrons. The molecule has 2 fully saturated rings. The first kappa shape index (κ1) is 18.1. The average Bonchev–Trinajstić information content (AvgIpc) is 2.30. The minimum absolute atomic E-state index is 0.361. The molecule has 0 aromatic carbocycles. The van der Waals surface area contributed by atoms with Gasteiger partial charge in [0.1, 0.15) is 0 Å². The topological polar surface area (TPSA) is 0 Å². The second kappa shape index (κ2) is 5.67. The van der Waals surface area contributed by atoms with Crippen molar-refractivity contribution in [2.75, 3.05) is 0 Å². The second-order valence-corrected chi connectivity index (χ2v) is 10.8. The van der Waals surface area contributed by atoms with E-state index < -0.39 is 0 Å². The summed E-state index contributed by atoms with van der Waals surface area (Å²) in [5, 5.41) is 0. The second-order valence-electron chi connectivity index (χ2n) is 10.8. The van der Waals surface area contributed by atoms with E-state index in [1.807, 2.05) is 0 Å². The Morgan fingerprint density at radius 1 is 1.09 bits per heavy atom. The smallest absolute Gasteiger partial charge is 0.0146 e. The fourth-order valence-electron chi connectivity index (χ4n) is 6.45. The number of hydrogen-bond acceptors (Lipinski definition) is 0. The van der Waals surface area contributed by atoms with Crippen LogP contribution in [0, 0.1) is 39.9 Å². The van der Waals surface area contributed by atoms with Crippen molar-refractivity contribution >= 4 is 0 Å². The Balaban J connectivity index is 2.37. The molecule has 0 aliphatic heterocycles. The molecule has 2 saturated carbocycles. The van der Waals surface area contributed by atoms with E-state index in [0.717, 1.165) is 23.7 Å². The van der Waals surface area contributed by atoms with Gasteiger partial charge in [-0.25, -0.2) is 0 Å². The third-order valence-corrected chi connectivity index (χ3v) is 7.17. The van der Waals surface area contributed by atoms with Gasteiger partial charge < -0.3 is 0 Å².